The van der Waals surface area contributed by atoms with Crippen LogP contribution in [0.5, 0.6) is 0 Å². The van der Waals surface area contributed by atoms with Crippen LogP contribution in [0, 0.1) is 5.41 Å². The second-order valence-corrected chi connectivity index (χ2v) is 6.45. The Balaban J connectivity index is 6.95. The molecule has 0 aromatic carbocycles. The van der Waals surface area contributed by atoms with Gasteiger partial charge in [-0.05, 0) is 13.8 Å². The molecule has 31 heavy (non-hydrogen) atoms. The molecule has 0 saturated heterocycles. The molecule has 0 spiro atoms. The van der Waals surface area contributed by atoms with Crippen molar-refractivity contribution in [2.24, 2.45) is 5.41 Å². The van der Waals surface area contributed by atoms with Gasteiger partial charge < -0.3 is 5.11 Å². The summed E-state index contributed by atoms with van der Waals surface area (Å²) < 4.78 is 221. The van der Waals surface area contributed by atoms with Crippen molar-refractivity contribution >= 4 is 5.97 Å². The van der Waals surface area contributed by atoms with Gasteiger partial charge in [-0.1, -0.05) is 0 Å². The molecule has 0 bridgehead atoms. The maximum Gasteiger partial charge on any atom is 0.460 e. The van der Waals surface area contributed by atoms with Crippen LogP contribution >= 0.6 is 0 Å². The van der Waals surface area contributed by atoms with Crippen molar-refractivity contribution in [3.63, 3.8) is 0 Å². The van der Waals surface area contributed by atoms with Gasteiger partial charge in [0.2, 0.25) is 0 Å². The highest BCUT2D eigenvalue weighted by molar-refractivity contribution is 5.75. The molecule has 0 rings (SSSR count). The molecule has 1 N–H and O–H groups in total. The standard InChI is InChI=1S/C12H7F17O2/c1-4(2,3(30)31)5(13,14)6(15,16)7(17,18)8(19,20)9(21,22)10(23,24)11(25,26)12(27,28)29/h1-2H3,(H,30,31). The average Bonchev–Trinajstić information content (AvgIpc) is 2.52. The van der Waals surface area contributed by atoms with Crippen molar-refractivity contribution in [3.05, 3.63) is 0 Å². The zero-order valence-electron chi connectivity index (χ0n) is 14.3. The topological polar surface area (TPSA) is 37.3 Å². The lowest BCUT2D eigenvalue weighted by atomic mass is 9.77. The van der Waals surface area contributed by atoms with Crippen molar-refractivity contribution < 1.29 is 84.5 Å². The first-order valence-corrected chi connectivity index (χ1v) is 6.89. The highest BCUT2D eigenvalue weighted by atomic mass is 19.4. The molecule has 0 heterocycles. The van der Waals surface area contributed by atoms with Gasteiger partial charge in [0.1, 0.15) is 5.41 Å². The zero-order chi connectivity index (χ0) is 26.1. The largest absolute Gasteiger partial charge is 0.481 e. The molecule has 0 aromatic rings. The number of hydrogen-bond acceptors (Lipinski definition) is 1. The van der Waals surface area contributed by atoms with Gasteiger partial charge in [0.15, 0.2) is 0 Å². The Morgan fingerprint density at radius 3 is 0.839 bits per heavy atom. The first-order valence-electron chi connectivity index (χ1n) is 6.89. The fourth-order valence-corrected chi connectivity index (χ4v) is 1.69. The molecule has 2 nitrogen and oxygen atoms in total. The first kappa shape index (κ1) is 29.3. The van der Waals surface area contributed by atoms with Gasteiger partial charge in [0, 0.05) is 0 Å². The van der Waals surface area contributed by atoms with Gasteiger partial charge in [-0.15, -0.1) is 0 Å². The molecule has 0 aromatic heterocycles. The molecule has 0 atom stereocenters. The minimum absolute atomic E-state index is 0.526. The van der Waals surface area contributed by atoms with E-state index in [1.807, 2.05) is 0 Å². The molecule has 0 aliphatic rings. The number of hydrogen-bond donors (Lipinski definition) is 1. The summed E-state index contributed by atoms with van der Waals surface area (Å²) in [6, 6.07) is 0. The molecule has 186 valence electrons. The van der Waals surface area contributed by atoms with Crippen molar-refractivity contribution in [2.45, 2.75) is 61.5 Å². The maximum atomic E-state index is 13.7. The van der Waals surface area contributed by atoms with Crippen molar-refractivity contribution in [2.75, 3.05) is 0 Å². The Labute approximate surface area is 159 Å². The number of rotatable bonds is 8. The summed E-state index contributed by atoms with van der Waals surface area (Å²) in [4.78, 5) is 10.6. The summed E-state index contributed by atoms with van der Waals surface area (Å²) in [5, 5.41) is 8.36. The third-order valence-electron chi connectivity index (χ3n) is 4.04. The maximum absolute atomic E-state index is 13.7. The summed E-state index contributed by atoms with van der Waals surface area (Å²) >= 11 is 0. The SMILES string of the molecule is CC(C)(C(=O)O)C(F)(F)C(F)(F)C(F)(F)C(F)(F)C(F)(F)C(F)(F)C(F)(F)C(F)(F)F. The van der Waals surface area contributed by atoms with Crippen molar-refractivity contribution in [1.29, 1.82) is 0 Å². The minimum Gasteiger partial charge on any atom is -0.481 e. The lowest BCUT2D eigenvalue weighted by Gasteiger charge is -2.44. The number of alkyl halides is 17. The Morgan fingerprint density at radius 2 is 0.645 bits per heavy atom. The predicted molar refractivity (Wildman–Crippen MR) is 62.1 cm³/mol. The van der Waals surface area contributed by atoms with Gasteiger partial charge in [0.05, 0.1) is 0 Å². The van der Waals surface area contributed by atoms with Crippen LogP contribution in [-0.4, -0.2) is 58.7 Å². The Bertz CT molecular complexity index is 702. The van der Waals surface area contributed by atoms with Gasteiger partial charge in [-0.25, -0.2) is 0 Å². The van der Waals surface area contributed by atoms with Crippen LogP contribution in [0.15, 0.2) is 0 Å². The summed E-state index contributed by atoms with van der Waals surface area (Å²) in [6.45, 7) is -1.05. The molecule has 0 amide bonds. The van der Waals surface area contributed by atoms with E-state index >= 15 is 0 Å². The van der Waals surface area contributed by atoms with E-state index in [1.54, 1.807) is 0 Å². The Hall–Kier alpha value is -1.72. The Morgan fingerprint density at radius 1 is 0.452 bits per heavy atom. The monoisotopic (exact) mass is 506 g/mol. The normalized spacial score (nSPS) is 16.5. The molecular formula is C12H7F17O2. The molecule has 0 fully saturated rings. The molecule has 0 radical (unpaired) electrons. The summed E-state index contributed by atoms with van der Waals surface area (Å²) in [7, 11) is 0. The fourth-order valence-electron chi connectivity index (χ4n) is 1.69. The van der Waals surface area contributed by atoms with Crippen LogP contribution in [0.3, 0.4) is 0 Å². The number of carboxylic acids is 1. The highest BCUT2D eigenvalue weighted by Gasteiger charge is 2.96. The molecule has 0 aliphatic carbocycles. The third kappa shape index (κ3) is 3.36. The lowest BCUT2D eigenvalue weighted by Crippen LogP contribution is -2.75. The second-order valence-electron chi connectivity index (χ2n) is 6.45. The number of carboxylic acid groups (broad SMARTS) is 1. The molecular weight excluding hydrogens is 499 g/mol. The average molecular weight is 506 g/mol. The van der Waals surface area contributed by atoms with Crippen LogP contribution < -0.4 is 0 Å². The van der Waals surface area contributed by atoms with Gasteiger partial charge >= 0.3 is 53.6 Å². The molecule has 0 aliphatic heterocycles. The van der Waals surface area contributed by atoms with Crippen LogP contribution in [0.1, 0.15) is 13.8 Å². The van der Waals surface area contributed by atoms with E-state index in [0.29, 0.717) is 0 Å². The number of carbonyl (C=O) groups is 1. The van der Waals surface area contributed by atoms with Crippen molar-refractivity contribution in [1.82, 2.24) is 0 Å². The smallest absolute Gasteiger partial charge is 0.460 e. The minimum atomic E-state index is -8.74. The van der Waals surface area contributed by atoms with Crippen molar-refractivity contribution in [3.8, 4) is 0 Å². The van der Waals surface area contributed by atoms with Gasteiger partial charge in [0.25, 0.3) is 0 Å². The van der Waals surface area contributed by atoms with E-state index in [-0.39, 0.29) is 0 Å². The van der Waals surface area contributed by atoms with Gasteiger partial charge in [-0.3, -0.25) is 4.79 Å². The van der Waals surface area contributed by atoms with E-state index in [0.717, 1.165) is 0 Å². The fraction of sp³-hybridized carbons (Fsp3) is 0.917. The molecule has 0 unspecified atom stereocenters. The summed E-state index contributed by atoms with van der Waals surface area (Å²) in [6.07, 6.45) is -7.83. The van der Waals surface area contributed by atoms with E-state index in [1.165, 1.54) is 0 Å². The van der Waals surface area contributed by atoms with E-state index in [4.69, 9.17) is 5.11 Å². The second kappa shape index (κ2) is 6.89. The van der Waals surface area contributed by atoms with E-state index in [9.17, 15) is 79.4 Å². The van der Waals surface area contributed by atoms with Crippen LogP contribution in [0.2, 0.25) is 0 Å². The van der Waals surface area contributed by atoms with E-state index in [2.05, 4.69) is 0 Å². The third-order valence-corrected chi connectivity index (χ3v) is 4.04. The summed E-state index contributed by atoms with van der Waals surface area (Å²) in [5.41, 5.74) is -4.51. The Kier molecular flexibility index (Phi) is 6.50. The molecule has 0 saturated carbocycles. The van der Waals surface area contributed by atoms with Crippen LogP contribution in [-0.2, 0) is 4.79 Å². The number of halogens is 17. The van der Waals surface area contributed by atoms with Gasteiger partial charge in [-0.2, -0.15) is 74.6 Å². The summed E-state index contributed by atoms with van der Waals surface area (Å²) in [5.74, 6) is -61.0. The highest BCUT2D eigenvalue weighted by Crippen LogP contribution is 2.65. The first-order chi connectivity index (χ1) is 12.9. The lowest BCUT2D eigenvalue weighted by molar-refractivity contribution is -0.464. The van der Waals surface area contributed by atoms with Crippen LogP contribution in [0.25, 0.3) is 0 Å². The number of aliphatic carboxylic acids is 1. The van der Waals surface area contributed by atoms with E-state index < -0.39 is 72.9 Å². The van der Waals surface area contributed by atoms with Crippen LogP contribution in [0.4, 0.5) is 74.6 Å². The quantitative estimate of drug-likeness (QED) is 0.404. The zero-order valence-corrected chi connectivity index (χ0v) is 14.3. The molecule has 19 heteroatoms. The predicted octanol–water partition coefficient (Wildman–Crippen LogP) is 6.11.